The van der Waals surface area contributed by atoms with Crippen LogP contribution in [-0.2, 0) is 6.42 Å². The molecular formula is C18H14Cl2. The molecule has 3 aromatic carbocycles. The zero-order chi connectivity index (χ0) is 13.9. The van der Waals surface area contributed by atoms with Crippen LogP contribution in [-0.4, -0.2) is 0 Å². The number of rotatable bonds is 3. The van der Waals surface area contributed by atoms with Crippen molar-refractivity contribution in [2.45, 2.75) is 11.8 Å². The van der Waals surface area contributed by atoms with Gasteiger partial charge >= 0.3 is 0 Å². The summed E-state index contributed by atoms with van der Waals surface area (Å²) >= 11 is 12.4. The minimum atomic E-state index is -0.0339. The van der Waals surface area contributed by atoms with E-state index in [0.717, 1.165) is 17.0 Å². The first-order chi connectivity index (χ1) is 9.72. The minimum Gasteiger partial charge on any atom is -0.117 e. The number of hydrogen-bond acceptors (Lipinski definition) is 0. The highest BCUT2D eigenvalue weighted by molar-refractivity contribution is 6.30. The summed E-state index contributed by atoms with van der Waals surface area (Å²) in [6.07, 6.45) is 0.814. The van der Waals surface area contributed by atoms with E-state index in [4.69, 9.17) is 23.2 Å². The third-order valence-electron chi connectivity index (χ3n) is 3.46. The van der Waals surface area contributed by atoms with Crippen molar-refractivity contribution in [2.24, 2.45) is 0 Å². The highest BCUT2D eigenvalue weighted by Gasteiger charge is 2.09. The molecule has 0 radical (unpaired) electrons. The van der Waals surface area contributed by atoms with Crippen molar-refractivity contribution >= 4 is 34.0 Å². The van der Waals surface area contributed by atoms with Crippen molar-refractivity contribution in [3.05, 3.63) is 82.9 Å². The van der Waals surface area contributed by atoms with Crippen LogP contribution in [0.15, 0.2) is 66.7 Å². The first-order valence-electron chi connectivity index (χ1n) is 6.59. The molecule has 0 spiro atoms. The molecule has 0 aliphatic carbocycles. The Morgan fingerprint density at radius 1 is 0.800 bits per heavy atom. The summed E-state index contributed by atoms with van der Waals surface area (Å²) in [5.74, 6) is 0. The van der Waals surface area contributed by atoms with Crippen LogP contribution in [0.1, 0.15) is 16.5 Å². The van der Waals surface area contributed by atoms with Crippen molar-refractivity contribution in [3.63, 3.8) is 0 Å². The van der Waals surface area contributed by atoms with Crippen LogP contribution >= 0.6 is 23.2 Å². The summed E-state index contributed by atoms with van der Waals surface area (Å²) in [5, 5.41) is 3.22. The fraction of sp³-hybridized carbons (Fsp3) is 0.111. The van der Waals surface area contributed by atoms with E-state index in [9.17, 15) is 0 Å². The molecule has 0 heterocycles. The van der Waals surface area contributed by atoms with E-state index in [1.165, 1.54) is 16.3 Å². The summed E-state index contributed by atoms with van der Waals surface area (Å²) < 4.78 is 0. The van der Waals surface area contributed by atoms with Crippen LogP contribution in [0, 0.1) is 0 Å². The molecule has 3 aromatic rings. The van der Waals surface area contributed by atoms with Crippen molar-refractivity contribution in [1.82, 2.24) is 0 Å². The predicted octanol–water partition coefficient (Wildman–Crippen LogP) is 6.02. The van der Waals surface area contributed by atoms with E-state index < -0.39 is 0 Å². The fourth-order valence-corrected chi connectivity index (χ4v) is 2.81. The van der Waals surface area contributed by atoms with Gasteiger partial charge in [0.1, 0.15) is 0 Å². The zero-order valence-corrected chi connectivity index (χ0v) is 12.4. The Morgan fingerprint density at radius 2 is 1.50 bits per heavy atom. The van der Waals surface area contributed by atoms with Crippen LogP contribution in [0.5, 0.6) is 0 Å². The van der Waals surface area contributed by atoms with Crippen molar-refractivity contribution in [3.8, 4) is 0 Å². The summed E-state index contributed by atoms with van der Waals surface area (Å²) in [6, 6.07) is 22.6. The summed E-state index contributed by atoms with van der Waals surface area (Å²) in [4.78, 5) is 0. The molecule has 0 saturated heterocycles. The second-order valence-corrected chi connectivity index (χ2v) is 5.87. The highest BCUT2D eigenvalue weighted by Crippen LogP contribution is 2.27. The van der Waals surface area contributed by atoms with Gasteiger partial charge in [0, 0.05) is 5.02 Å². The van der Waals surface area contributed by atoms with Gasteiger partial charge in [-0.1, -0.05) is 66.2 Å². The molecule has 0 bridgehead atoms. The number of halogens is 2. The van der Waals surface area contributed by atoms with Crippen LogP contribution in [0.4, 0.5) is 0 Å². The molecule has 2 heteroatoms. The third kappa shape index (κ3) is 2.98. The number of fused-ring (bicyclic) bond motifs is 1. The Kier molecular flexibility index (Phi) is 3.95. The standard InChI is InChI=1S/C18H14Cl2/c19-17-9-7-15(8-10-17)18(20)12-13-5-6-14-3-1-2-4-16(14)11-13/h1-11,18H,12H2. The van der Waals surface area contributed by atoms with Gasteiger partial charge in [0.15, 0.2) is 0 Å². The maximum absolute atomic E-state index is 6.50. The molecule has 0 amide bonds. The normalized spacial score (nSPS) is 12.5. The summed E-state index contributed by atoms with van der Waals surface area (Å²) in [6.45, 7) is 0. The minimum absolute atomic E-state index is 0.0339. The van der Waals surface area contributed by atoms with Crippen molar-refractivity contribution in [2.75, 3.05) is 0 Å². The second kappa shape index (κ2) is 5.87. The molecule has 1 unspecified atom stereocenters. The molecule has 0 saturated carbocycles. The smallest absolute Gasteiger partial charge is 0.0625 e. The lowest BCUT2D eigenvalue weighted by Crippen LogP contribution is -1.95. The first-order valence-corrected chi connectivity index (χ1v) is 7.41. The van der Waals surface area contributed by atoms with Gasteiger partial charge in [0.2, 0.25) is 0 Å². The molecule has 0 N–H and O–H groups in total. The van der Waals surface area contributed by atoms with E-state index in [-0.39, 0.29) is 5.38 Å². The number of alkyl halides is 1. The monoisotopic (exact) mass is 300 g/mol. The Bertz CT molecular complexity index is 717. The largest absolute Gasteiger partial charge is 0.117 e. The van der Waals surface area contributed by atoms with Crippen LogP contribution in [0.2, 0.25) is 5.02 Å². The molecule has 1 atom stereocenters. The number of hydrogen-bond donors (Lipinski definition) is 0. The van der Waals surface area contributed by atoms with E-state index >= 15 is 0 Å². The van der Waals surface area contributed by atoms with Crippen molar-refractivity contribution < 1.29 is 0 Å². The highest BCUT2D eigenvalue weighted by atomic mass is 35.5. The summed E-state index contributed by atoms with van der Waals surface area (Å²) in [7, 11) is 0. The lowest BCUT2D eigenvalue weighted by Gasteiger charge is -2.11. The van der Waals surface area contributed by atoms with Gasteiger partial charge in [-0.15, -0.1) is 11.6 Å². The number of benzene rings is 3. The molecule has 0 aliphatic rings. The molecule has 20 heavy (non-hydrogen) atoms. The fourth-order valence-electron chi connectivity index (χ4n) is 2.36. The SMILES string of the molecule is Clc1ccc(C(Cl)Cc2ccc3ccccc3c2)cc1. The quantitative estimate of drug-likeness (QED) is 0.519. The first kappa shape index (κ1) is 13.5. The second-order valence-electron chi connectivity index (χ2n) is 4.90. The lowest BCUT2D eigenvalue weighted by atomic mass is 10.0. The molecule has 0 fully saturated rings. The van der Waals surface area contributed by atoms with Gasteiger partial charge in [-0.25, -0.2) is 0 Å². The topological polar surface area (TPSA) is 0 Å². The molecule has 0 nitrogen and oxygen atoms in total. The average Bonchev–Trinajstić information content (AvgIpc) is 2.48. The van der Waals surface area contributed by atoms with E-state index in [1.54, 1.807) is 0 Å². The molecule has 3 rings (SSSR count). The zero-order valence-electron chi connectivity index (χ0n) is 10.9. The van der Waals surface area contributed by atoms with E-state index in [2.05, 4.69) is 42.5 Å². The van der Waals surface area contributed by atoms with Gasteiger partial charge < -0.3 is 0 Å². The predicted molar refractivity (Wildman–Crippen MR) is 87.7 cm³/mol. The van der Waals surface area contributed by atoms with Crippen LogP contribution in [0.25, 0.3) is 10.8 Å². The third-order valence-corrected chi connectivity index (χ3v) is 4.12. The lowest BCUT2D eigenvalue weighted by molar-refractivity contribution is 0.922. The Balaban J connectivity index is 1.83. The van der Waals surface area contributed by atoms with Gasteiger partial charge in [-0.05, 0) is 40.5 Å². The van der Waals surface area contributed by atoms with Gasteiger partial charge in [0.05, 0.1) is 5.38 Å². The van der Waals surface area contributed by atoms with Crippen molar-refractivity contribution in [1.29, 1.82) is 0 Å². The van der Waals surface area contributed by atoms with Crippen LogP contribution in [0.3, 0.4) is 0 Å². The maximum Gasteiger partial charge on any atom is 0.0625 e. The Hall–Kier alpha value is -1.50. The Labute approximate surface area is 129 Å². The summed E-state index contributed by atoms with van der Waals surface area (Å²) in [5.41, 5.74) is 2.35. The molecular weight excluding hydrogens is 287 g/mol. The van der Waals surface area contributed by atoms with Crippen LogP contribution < -0.4 is 0 Å². The van der Waals surface area contributed by atoms with E-state index in [0.29, 0.717) is 0 Å². The average molecular weight is 301 g/mol. The Morgan fingerprint density at radius 3 is 2.25 bits per heavy atom. The van der Waals surface area contributed by atoms with Gasteiger partial charge in [0.25, 0.3) is 0 Å². The molecule has 100 valence electrons. The maximum atomic E-state index is 6.50. The molecule has 0 aromatic heterocycles. The van der Waals surface area contributed by atoms with E-state index in [1.807, 2.05) is 24.3 Å². The van der Waals surface area contributed by atoms with Gasteiger partial charge in [-0.3, -0.25) is 0 Å². The van der Waals surface area contributed by atoms with Gasteiger partial charge in [-0.2, -0.15) is 0 Å². The molecule has 0 aliphatic heterocycles.